The molecule has 0 aliphatic rings. The summed E-state index contributed by atoms with van der Waals surface area (Å²) in [6.07, 6.45) is 0. The van der Waals surface area contributed by atoms with Gasteiger partial charge in [-0.1, -0.05) is 30.3 Å². The van der Waals surface area contributed by atoms with Gasteiger partial charge in [-0.25, -0.2) is 0 Å². The molecule has 3 rings (SSSR count). The largest absolute Gasteiger partial charge is 0.497 e. The number of rotatable bonds is 4. The van der Waals surface area contributed by atoms with Crippen LogP contribution in [0.2, 0.25) is 0 Å². The Morgan fingerprint density at radius 1 is 1.17 bits per heavy atom. The number of benzene rings is 2. The molecular weight excluding hydrogens is 292 g/mol. The van der Waals surface area contributed by atoms with Crippen LogP contribution >= 0.6 is 0 Å². The van der Waals surface area contributed by atoms with Crippen LogP contribution in [0, 0.1) is 5.41 Å². The molecule has 23 heavy (non-hydrogen) atoms. The number of methoxy groups -OCH3 is 1. The second kappa shape index (κ2) is 6.36. The molecule has 1 heterocycles. The maximum atomic E-state index is 12.3. The molecule has 116 valence electrons. The van der Waals surface area contributed by atoms with Crippen LogP contribution in [0.5, 0.6) is 5.75 Å². The van der Waals surface area contributed by atoms with Crippen molar-refractivity contribution in [2.45, 2.75) is 6.54 Å². The van der Waals surface area contributed by atoms with Crippen molar-refractivity contribution in [3.05, 3.63) is 71.3 Å². The maximum Gasteiger partial charge on any atom is 0.257 e. The van der Waals surface area contributed by atoms with E-state index in [-0.39, 0.29) is 17.0 Å². The first-order chi connectivity index (χ1) is 11.2. The lowest BCUT2D eigenvalue weighted by atomic mass is 10.1. The van der Waals surface area contributed by atoms with E-state index in [1.807, 2.05) is 42.5 Å². The predicted molar refractivity (Wildman–Crippen MR) is 86.2 cm³/mol. The monoisotopic (exact) mass is 308 g/mol. The summed E-state index contributed by atoms with van der Waals surface area (Å²) in [6.45, 7) is 0.370. The van der Waals surface area contributed by atoms with Gasteiger partial charge < -0.3 is 14.5 Å². The smallest absolute Gasteiger partial charge is 0.257 e. The van der Waals surface area contributed by atoms with E-state index in [4.69, 9.17) is 14.6 Å². The zero-order valence-electron chi connectivity index (χ0n) is 12.6. The quantitative estimate of drug-likeness (QED) is 0.778. The molecule has 0 spiro atoms. The fraction of sp³-hybridized carbons (Fsp3) is 0.111. The van der Waals surface area contributed by atoms with Crippen molar-refractivity contribution in [3.8, 4) is 5.75 Å². The third kappa shape index (κ3) is 3.23. The highest BCUT2D eigenvalue weighted by Gasteiger charge is 2.11. The Labute approximate surface area is 133 Å². The highest BCUT2D eigenvalue weighted by molar-refractivity contribution is 5.96. The fourth-order valence-electron chi connectivity index (χ4n) is 2.27. The van der Waals surface area contributed by atoms with Crippen LogP contribution in [0.15, 0.2) is 59.0 Å². The van der Waals surface area contributed by atoms with E-state index in [0.29, 0.717) is 12.1 Å². The molecule has 0 atom stereocenters. The summed E-state index contributed by atoms with van der Waals surface area (Å²) in [6, 6.07) is 16.4. The van der Waals surface area contributed by atoms with Crippen LogP contribution in [0.3, 0.4) is 0 Å². The molecular formula is C18H16N2O3. The molecule has 0 aliphatic heterocycles. The molecule has 0 aliphatic carbocycles. The van der Waals surface area contributed by atoms with Gasteiger partial charge in [-0.3, -0.25) is 10.2 Å². The van der Waals surface area contributed by atoms with Crippen molar-refractivity contribution in [2.75, 3.05) is 7.11 Å². The van der Waals surface area contributed by atoms with Crippen molar-refractivity contribution in [2.24, 2.45) is 0 Å². The molecule has 3 aromatic rings. The van der Waals surface area contributed by atoms with Crippen molar-refractivity contribution >= 4 is 16.9 Å². The Bertz CT molecular complexity index is 898. The van der Waals surface area contributed by atoms with Gasteiger partial charge in [0.1, 0.15) is 16.9 Å². The van der Waals surface area contributed by atoms with Gasteiger partial charge >= 0.3 is 0 Å². The minimum atomic E-state index is -0.333. The van der Waals surface area contributed by atoms with Crippen molar-refractivity contribution in [3.63, 3.8) is 0 Å². The van der Waals surface area contributed by atoms with E-state index < -0.39 is 0 Å². The molecule has 0 unspecified atom stereocenters. The van der Waals surface area contributed by atoms with Gasteiger partial charge in [-0.2, -0.15) is 0 Å². The summed E-state index contributed by atoms with van der Waals surface area (Å²) in [5, 5.41) is 11.5. The summed E-state index contributed by atoms with van der Waals surface area (Å²) in [7, 11) is 1.61. The standard InChI is InChI=1S/C18H16N2O3/c1-22-14-8-6-12(7-9-14)11-20-18(21)15-10-13-4-2-3-5-16(13)23-17(15)19/h2-10,19H,11H2,1H3,(H,20,21). The molecule has 5 nitrogen and oxygen atoms in total. The average Bonchev–Trinajstić information content (AvgIpc) is 2.59. The van der Waals surface area contributed by atoms with E-state index in [1.54, 1.807) is 19.2 Å². The topological polar surface area (TPSA) is 75.3 Å². The van der Waals surface area contributed by atoms with E-state index in [2.05, 4.69) is 5.32 Å². The molecule has 1 aromatic heterocycles. The number of amides is 1. The predicted octanol–water partition coefficient (Wildman–Crippen LogP) is 2.85. The van der Waals surface area contributed by atoms with E-state index in [9.17, 15) is 4.79 Å². The third-order valence-electron chi connectivity index (χ3n) is 3.53. The minimum absolute atomic E-state index is 0.143. The molecule has 2 aromatic carbocycles. The Morgan fingerprint density at radius 3 is 2.65 bits per heavy atom. The maximum absolute atomic E-state index is 12.3. The number of fused-ring (bicyclic) bond motifs is 1. The summed E-state index contributed by atoms with van der Waals surface area (Å²) >= 11 is 0. The van der Waals surface area contributed by atoms with Crippen molar-refractivity contribution in [1.29, 1.82) is 5.41 Å². The number of carbonyl (C=O) groups excluding carboxylic acids is 1. The Morgan fingerprint density at radius 2 is 1.91 bits per heavy atom. The summed E-state index contributed by atoms with van der Waals surface area (Å²) in [5.41, 5.74) is 1.61. The van der Waals surface area contributed by atoms with Gasteiger partial charge in [0, 0.05) is 11.9 Å². The zero-order chi connectivity index (χ0) is 16.2. The van der Waals surface area contributed by atoms with E-state index >= 15 is 0 Å². The molecule has 0 saturated heterocycles. The Balaban J connectivity index is 1.77. The van der Waals surface area contributed by atoms with Gasteiger partial charge in [0.15, 0.2) is 0 Å². The molecule has 0 radical (unpaired) electrons. The van der Waals surface area contributed by atoms with Gasteiger partial charge in [0.2, 0.25) is 5.55 Å². The molecule has 0 bridgehead atoms. The Hall–Kier alpha value is -3.08. The number of hydrogen-bond acceptors (Lipinski definition) is 4. The first kappa shape index (κ1) is 14.8. The SMILES string of the molecule is COc1ccc(CNC(=O)c2cc3ccccc3oc2=N)cc1. The molecule has 5 heteroatoms. The van der Waals surface area contributed by atoms with Crippen LogP contribution in [0.1, 0.15) is 15.9 Å². The van der Waals surface area contributed by atoms with Gasteiger partial charge in [-0.05, 0) is 29.8 Å². The highest BCUT2D eigenvalue weighted by atomic mass is 16.5. The lowest BCUT2D eigenvalue weighted by Crippen LogP contribution is -2.27. The van der Waals surface area contributed by atoms with Crippen molar-refractivity contribution < 1.29 is 13.9 Å². The minimum Gasteiger partial charge on any atom is -0.497 e. The Kier molecular flexibility index (Phi) is 4.10. The van der Waals surface area contributed by atoms with Gasteiger partial charge in [0.25, 0.3) is 5.91 Å². The number of hydrogen-bond donors (Lipinski definition) is 2. The molecule has 0 saturated carbocycles. The zero-order valence-corrected chi connectivity index (χ0v) is 12.6. The summed E-state index contributed by atoms with van der Waals surface area (Å²) in [4.78, 5) is 12.3. The number of para-hydroxylation sites is 1. The third-order valence-corrected chi connectivity index (χ3v) is 3.53. The van der Waals surface area contributed by atoms with Gasteiger partial charge in [0.05, 0.1) is 7.11 Å². The van der Waals surface area contributed by atoms with E-state index in [1.165, 1.54) is 0 Å². The first-order valence-corrected chi connectivity index (χ1v) is 7.16. The number of nitrogens with one attached hydrogen (secondary N) is 2. The highest BCUT2D eigenvalue weighted by Crippen LogP contribution is 2.13. The molecule has 2 N–H and O–H groups in total. The summed E-state index contributed by atoms with van der Waals surface area (Å²) < 4.78 is 10.5. The van der Waals surface area contributed by atoms with E-state index in [0.717, 1.165) is 16.7 Å². The van der Waals surface area contributed by atoms with Crippen LogP contribution in [-0.2, 0) is 6.54 Å². The van der Waals surface area contributed by atoms with Crippen molar-refractivity contribution in [1.82, 2.24) is 5.32 Å². The number of carbonyl (C=O) groups is 1. The molecule has 1 amide bonds. The average molecular weight is 308 g/mol. The number of ether oxygens (including phenoxy) is 1. The lowest BCUT2D eigenvalue weighted by molar-refractivity contribution is 0.0946. The first-order valence-electron chi connectivity index (χ1n) is 7.16. The van der Waals surface area contributed by atoms with Crippen LogP contribution < -0.4 is 15.6 Å². The lowest BCUT2D eigenvalue weighted by Gasteiger charge is -2.07. The van der Waals surface area contributed by atoms with Gasteiger partial charge in [-0.15, -0.1) is 0 Å². The normalized spacial score (nSPS) is 10.5. The van der Waals surface area contributed by atoms with Crippen LogP contribution in [0.25, 0.3) is 11.0 Å². The van der Waals surface area contributed by atoms with Crippen LogP contribution in [0.4, 0.5) is 0 Å². The second-order valence-electron chi connectivity index (χ2n) is 5.06. The second-order valence-corrected chi connectivity index (χ2v) is 5.06. The summed E-state index contributed by atoms with van der Waals surface area (Å²) in [5.74, 6) is 0.433. The molecule has 0 fully saturated rings. The fourth-order valence-corrected chi connectivity index (χ4v) is 2.27. The van der Waals surface area contributed by atoms with Crippen LogP contribution in [-0.4, -0.2) is 13.0 Å².